The second-order valence-electron chi connectivity index (χ2n) is 9.34. The lowest BCUT2D eigenvalue weighted by atomic mass is 9.99. The Bertz CT molecular complexity index is 1720. The maximum absolute atomic E-state index is 14.7. The van der Waals surface area contributed by atoms with Gasteiger partial charge in [0.15, 0.2) is 11.6 Å². The summed E-state index contributed by atoms with van der Waals surface area (Å²) in [7, 11) is 1.35. The Balaban J connectivity index is 1.51. The molecule has 5 rings (SSSR count). The third-order valence-corrected chi connectivity index (χ3v) is 6.86. The van der Waals surface area contributed by atoms with Gasteiger partial charge in [0.2, 0.25) is 0 Å². The van der Waals surface area contributed by atoms with Crippen molar-refractivity contribution < 1.29 is 28.6 Å². The normalized spacial score (nSPS) is 11.6. The van der Waals surface area contributed by atoms with Crippen LogP contribution >= 0.6 is 0 Å². The summed E-state index contributed by atoms with van der Waals surface area (Å²) in [6.07, 6.45) is -1.49. The van der Waals surface area contributed by atoms with Crippen molar-refractivity contribution in [2.45, 2.75) is 33.2 Å². The fourth-order valence-corrected chi connectivity index (χ4v) is 4.79. The number of urea groups is 1. The number of pyridine rings is 2. The van der Waals surface area contributed by atoms with Crippen LogP contribution in [0.1, 0.15) is 27.8 Å². The largest absolute Gasteiger partial charge is 0.506 e. The summed E-state index contributed by atoms with van der Waals surface area (Å²) in [4.78, 5) is 41.6. The molecule has 4 aromatic rings. The van der Waals surface area contributed by atoms with Crippen molar-refractivity contribution in [3.63, 3.8) is 0 Å². The Morgan fingerprint density at radius 2 is 1.85 bits per heavy atom. The van der Waals surface area contributed by atoms with Gasteiger partial charge < -0.3 is 35.5 Å². The topological polar surface area (TPSA) is 158 Å². The number of rotatable bonds is 7. The van der Waals surface area contributed by atoms with Crippen LogP contribution in [-0.4, -0.2) is 34.0 Å². The predicted octanol–water partition coefficient (Wildman–Crippen LogP) is 3.66. The number of nitrogens with zero attached hydrogens (tertiary/aromatic N) is 2. The molecule has 0 saturated heterocycles. The molecular weight excluding hydrogens is 521 g/mol. The van der Waals surface area contributed by atoms with Crippen molar-refractivity contribution in [3.8, 4) is 17.1 Å². The van der Waals surface area contributed by atoms with Crippen molar-refractivity contribution in [2.24, 2.45) is 0 Å². The first-order valence-electron chi connectivity index (χ1n) is 12.3. The molecule has 2 aromatic heterocycles. The second kappa shape index (κ2) is 10.6. The molecule has 0 spiro atoms. The van der Waals surface area contributed by atoms with E-state index >= 15 is 0 Å². The van der Waals surface area contributed by atoms with Crippen molar-refractivity contribution in [1.82, 2.24) is 20.2 Å². The van der Waals surface area contributed by atoms with E-state index in [4.69, 9.17) is 15.6 Å². The van der Waals surface area contributed by atoms with Gasteiger partial charge in [0.1, 0.15) is 6.61 Å². The van der Waals surface area contributed by atoms with Crippen LogP contribution in [0.5, 0.6) is 5.75 Å². The first kappa shape index (κ1) is 26.5. The van der Waals surface area contributed by atoms with Gasteiger partial charge in [-0.1, -0.05) is 12.1 Å². The van der Waals surface area contributed by atoms with E-state index in [1.807, 2.05) is 12.1 Å². The van der Waals surface area contributed by atoms with E-state index in [1.54, 1.807) is 25.1 Å². The van der Waals surface area contributed by atoms with Crippen LogP contribution in [0.3, 0.4) is 0 Å². The highest BCUT2D eigenvalue weighted by Crippen LogP contribution is 2.37. The summed E-state index contributed by atoms with van der Waals surface area (Å²) in [5, 5.41) is 15.1. The maximum Gasteiger partial charge on any atom is 0.506 e. The van der Waals surface area contributed by atoms with Crippen LogP contribution in [0.25, 0.3) is 22.3 Å². The van der Waals surface area contributed by atoms with Crippen LogP contribution in [0.15, 0.2) is 47.3 Å². The Kier molecular flexibility index (Phi) is 6.99. The van der Waals surface area contributed by atoms with Crippen molar-refractivity contribution in [3.05, 3.63) is 86.5 Å². The average molecular weight is 548 g/mol. The van der Waals surface area contributed by atoms with Crippen LogP contribution < -0.4 is 26.7 Å². The molecule has 5 N–H and O–H groups in total. The van der Waals surface area contributed by atoms with E-state index < -0.39 is 30.2 Å². The highest BCUT2D eigenvalue weighted by Gasteiger charge is 2.28. The number of hydrogen-bond acceptors (Lipinski definition) is 7. The molecule has 0 aliphatic carbocycles. The molecule has 12 heteroatoms. The summed E-state index contributed by atoms with van der Waals surface area (Å²) < 4.78 is 26.0. The number of nitrogen functional groups attached to an aromatic ring is 1. The van der Waals surface area contributed by atoms with Gasteiger partial charge in [-0.05, 0) is 47.9 Å². The van der Waals surface area contributed by atoms with E-state index in [1.165, 1.54) is 23.8 Å². The highest BCUT2D eigenvalue weighted by molar-refractivity contribution is 5.89. The summed E-state index contributed by atoms with van der Waals surface area (Å²) in [6.45, 7) is 1.75. The van der Waals surface area contributed by atoms with Gasteiger partial charge >= 0.3 is 12.2 Å². The number of nitrogens with two attached hydrogens (primary N) is 1. The number of aromatic nitrogens is 2. The van der Waals surface area contributed by atoms with E-state index in [-0.39, 0.29) is 30.9 Å². The zero-order valence-electron chi connectivity index (χ0n) is 21.7. The Morgan fingerprint density at radius 1 is 1.12 bits per heavy atom. The highest BCUT2D eigenvalue weighted by atomic mass is 19.1. The SMILES string of the molecule is COc1cc2c(CNC(=O)NCc3ccc(N)cc3)c3c(nc2cc1F)-c1cc(C)c(COC(=O)O)c(=O)n1C3. The predicted molar refractivity (Wildman–Crippen MR) is 145 cm³/mol. The number of carbonyl (C=O) groups excluding carboxylic acids is 1. The lowest BCUT2D eigenvalue weighted by Crippen LogP contribution is -2.35. The molecule has 11 nitrogen and oxygen atoms in total. The van der Waals surface area contributed by atoms with Gasteiger partial charge in [0.25, 0.3) is 5.56 Å². The van der Waals surface area contributed by atoms with E-state index in [9.17, 15) is 18.8 Å². The number of methoxy groups -OCH3 is 1. The first-order chi connectivity index (χ1) is 19.2. The van der Waals surface area contributed by atoms with Gasteiger partial charge in [-0.3, -0.25) is 4.79 Å². The Morgan fingerprint density at radius 3 is 2.55 bits per heavy atom. The Labute approximate surface area is 227 Å². The first-order valence-corrected chi connectivity index (χ1v) is 12.3. The van der Waals surface area contributed by atoms with E-state index in [0.717, 1.165) is 5.56 Å². The molecule has 3 heterocycles. The van der Waals surface area contributed by atoms with Crippen molar-refractivity contribution in [1.29, 1.82) is 0 Å². The minimum atomic E-state index is -1.49. The number of fused-ring (bicyclic) bond motifs is 4. The summed E-state index contributed by atoms with van der Waals surface area (Å²) in [5.74, 6) is -0.588. The van der Waals surface area contributed by atoms with Crippen LogP contribution in [0.2, 0.25) is 0 Å². The molecule has 0 saturated carbocycles. The van der Waals surface area contributed by atoms with Crippen LogP contribution in [0, 0.1) is 12.7 Å². The van der Waals surface area contributed by atoms with E-state index in [0.29, 0.717) is 44.7 Å². The van der Waals surface area contributed by atoms with Crippen LogP contribution in [0.4, 0.5) is 19.7 Å². The minimum Gasteiger partial charge on any atom is -0.494 e. The number of carbonyl (C=O) groups is 2. The third kappa shape index (κ3) is 4.98. The lowest BCUT2D eigenvalue weighted by molar-refractivity contribution is 0.0848. The van der Waals surface area contributed by atoms with Gasteiger partial charge in [0.05, 0.1) is 36.1 Å². The van der Waals surface area contributed by atoms with Gasteiger partial charge in [-0.2, -0.15) is 0 Å². The van der Waals surface area contributed by atoms with Gasteiger partial charge in [0, 0.05) is 35.8 Å². The molecule has 0 bridgehead atoms. The fourth-order valence-electron chi connectivity index (χ4n) is 4.79. The molecular formula is C28H26FN5O6. The van der Waals surface area contributed by atoms with E-state index in [2.05, 4.69) is 20.4 Å². The molecule has 2 amide bonds. The smallest absolute Gasteiger partial charge is 0.494 e. The molecule has 1 aliphatic heterocycles. The van der Waals surface area contributed by atoms with Crippen LogP contribution in [-0.2, 0) is 31.0 Å². The number of anilines is 1. The third-order valence-electron chi connectivity index (χ3n) is 6.86. The molecule has 0 fully saturated rings. The molecule has 0 unspecified atom stereocenters. The van der Waals surface area contributed by atoms with Crippen molar-refractivity contribution >= 4 is 28.8 Å². The number of benzene rings is 2. The number of aryl methyl sites for hydroxylation is 1. The van der Waals surface area contributed by atoms with Gasteiger partial charge in [-0.15, -0.1) is 0 Å². The number of nitrogens with one attached hydrogen (secondary N) is 2. The molecule has 0 atom stereocenters. The average Bonchev–Trinajstić information content (AvgIpc) is 3.28. The number of halogens is 1. The number of ether oxygens (including phenoxy) is 2. The molecule has 1 aliphatic rings. The Hall–Kier alpha value is -5.13. The molecule has 40 heavy (non-hydrogen) atoms. The van der Waals surface area contributed by atoms with Crippen molar-refractivity contribution in [2.75, 3.05) is 12.8 Å². The quantitative estimate of drug-likeness (QED) is 0.178. The number of hydrogen-bond donors (Lipinski definition) is 4. The molecule has 2 aromatic carbocycles. The summed E-state index contributed by atoms with van der Waals surface area (Å²) in [6, 6.07) is 11.2. The monoisotopic (exact) mass is 547 g/mol. The molecule has 0 radical (unpaired) electrons. The van der Waals surface area contributed by atoms with Gasteiger partial charge in [-0.25, -0.2) is 19.0 Å². The minimum absolute atomic E-state index is 0.0138. The summed E-state index contributed by atoms with van der Waals surface area (Å²) >= 11 is 0. The molecule has 206 valence electrons. The number of carboxylic acid groups (broad SMARTS) is 1. The fraction of sp³-hybridized carbons (Fsp3) is 0.214. The maximum atomic E-state index is 14.7. The lowest BCUT2D eigenvalue weighted by Gasteiger charge is -2.15. The summed E-state index contributed by atoms with van der Waals surface area (Å²) in [5.41, 5.74) is 10.2. The zero-order chi connectivity index (χ0) is 28.6. The standard InChI is InChI=1S/C28H26FN5O6/c1-14-7-23-25-19(12-34(23)26(35)20(14)13-40-28(37)38)18(17-8-24(39-2)21(29)9-22(17)33-25)11-32-27(36)31-10-15-3-5-16(30)6-4-15/h3-9H,10-13,30H2,1-2H3,(H,37,38)(H2,31,32,36). The second-order valence-corrected chi connectivity index (χ2v) is 9.34. The number of amides is 2. The zero-order valence-corrected chi connectivity index (χ0v) is 21.7.